The minimum absolute atomic E-state index is 0.349. The molecule has 0 saturated carbocycles. The van der Waals surface area contributed by atoms with Gasteiger partial charge in [-0.05, 0) is 24.6 Å². The van der Waals surface area contributed by atoms with Gasteiger partial charge in [-0.2, -0.15) is 0 Å². The highest BCUT2D eigenvalue weighted by Gasteiger charge is 2.32. The molecule has 1 N–H and O–H groups in total. The maximum Gasteiger partial charge on any atom is 0.113 e. The van der Waals surface area contributed by atoms with E-state index in [1.165, 1.54) is 5.56 Å². The average Bonchev–Trinajstić information content (AvgIpc) is 3.02. The Hall–Kier alpha value is -1.81. The van der Waals surface area contributed by atoms with Crippen LogP contribution in [0.3, 0.4) is 0 Å². The van der Waals surface area contributed by atoms with Crippen LogP contribution in [-0.4, -0.2) is 14.7 Å². The summed E-state index contributed by atoms with van der Waals surface area (Å²) in [7, 11) is 0. The van der Waals surface area contributed by atoms with Crippen molar-refractivity contribution in [2.75, 3.05) is 0 Å². The van der Waals surface area contributed by atoms with Crippen LogP contribution in [0.4, 0.5) is 0 Å². The van der Waals surface area contributed by atoms with E-state index in [1.807, 2.05) is 42.0 Å². The lowest BCUT2D eigenvalue weighted by atomic mass is 9.86. The Morgan fingerprint density at radius 1 is 1.12 bits per heavy atom. The Bertz CT molecular complexity index is 816. The van der Waals surface area contributed by atoms with Crippen molar-refractivity contribution in [3.05, 3.63) is 87.9 Å². The molecule has 0 aliphatic heterocycles. The number of halogens is 2. The number of aromatic nitrogens is 2. The van der Waals surface area contributed by atoms with Crippen molar-refractivity contribution < 1.29 is 5.11 Å². The van der Waals surface area contributed by atoms with Crippen molar-refractivity contribution in [1.29, 1.82) is 0 Å². The van der Waals surface area contributed by atoms with E-state index in [2.05, 4.69) is 4.98 Å². The summed E-state index contributed by atoms with van der Waals surface area (Å²) < 4.78 is 1.85. The molecule has 124 valence electrons. The SMILES string of the molecule is Cc1ccc(CC(O)(Cn2ccnc2)c2ccc(Cl)cc2Cl)cc1. The first-order valence-corrected chi connectivity index (χ1v) is 8.41. The van der Waals surface area contributed by atoms with Crippen molar-refractivity contribution in [3.8, 4) is 0 Å². The zero-order chi connectivity index (χ0) is 17.2. The molecule has 1 aromatic heterocycles. The van der Waals surface area contributed by atoms with Crippen LogP contribution in [-0.2, 0) is 18.6 Å². The molecule has 0 amide bonds. The molecular weight excluding hydrogens is 343 g/mol. The zero-order valence-corrected chi connectivity index (χ0v) is 14.8. The van der Waals surface area contributed by atoms with Crippen LogP contribution in [0.25, 0.3) is 0 Å². The van der Waals surface area contributed by atoms with E-state index in [1.54, 1.807) is 30.7 Å². The average molecular weight is 361 g/mol. The second-order valence-electron chi connectivity index (χ2n) is 6.05. The maximum absolute atomic E-state index is 11.5. The summed E-state index contributed by atoms with van der Waals surface area (Å²) in [5, 5.41) is 12.5. The van der Waals surface area contributed by atoms with Gasteiger partial charge in [0.15, 0.2) is 0 Å². The van der Waals surface area contributed by atoms with Gasteiger partial charge in [0.05, 0.1) is 12.9 Å². The summed E-state index contributed by atoms with van der Waals surface area (Å²) in [6.07, 6.45) is 5.64. The van der Waals surface area contributed by atoms with E-state index in [4.69, 9.17) is 23.2 Å². The molecule has 0 aliphatic rings. The molecule has 0 spiro atoms. The lowest BCUT2D eigenvalue weighted by molar-refractivity contribution is 0.0186. The predicted molar refractivity (Wildman–Crippen MR) is 97.5 cm³/mol. The first-order chi connectivity index (χ1) is 11.5. The lowest BCUT2D eigenvalue weighted by Crippen LogP contribution is -2.34. The minimum atomic E-state index is -1.17. The summed E-state index contributed by atoms with van der Waals surface area (Å²) in [5.41, 5.74) is 1.70. The third-order valence-corrected chi connectivity index (χ3v) is 4.60. The first-order valence-electron chi connectivity index (χ1n) is 7.65. The standard InChI is InChI=1S/C19H18Cl2N2O/c1-14-2-4-15(5-3-14)11-19(24,12-23-9-8-22-13-23)17-7-6-16(20)10-18(17)21/h2-10,13,24H,11-12H2,1H3. The van der Waals surface area contributed by atoms with Gasteiger partial charge in [-0.15, -0.1) is 0 Å². The fraction of sp³-hybridized carbons (Fsp3) is 0.211. The van der Waals surface area contributed by atoms with Gasteiger partial charge in [-0.25, -0.2) is 4.98 Å². The van der Waals surface area contributed by atoms with E-state index in [9.17, 15) is 5.11 Å². The number of hydrogen-bond donors (Lipinski definition) is 1. The van der Waals surface area contributed by atoms with Gasteiger partial charge in [0.25, 0.3) is 0 Å². The Kier molecular flexibility index (Phi) is 4.95. The van der Waals surface area contributed by atoms with E-state index in [0.29, 0.717) is 28.6 Å². The summed E-state index contributed by atoms with van der Waals surface area (Å²) in [6.45, 7) is 2.39. The molecule has 1 atom stereocenters. The van der Waals surface area contributed by atoms with Gasteiger partial charge in [0.1, 0.15) is 5.60 Å². The highest BCUT2D eigenvalue weighted by Crippen LogP contribution is 2.34. The molecule has 0 saturated heterocycles. The fourth-order valence-corrected chi connectivity index (χ4v) is 3.41. The number of aliphatic hydroxyl groups is 1. The fourth-order valence-electron chi connectivity index (χ4n) is 2.83. The van der Waals surface area contributed by atoms with Crippen LogP contribution in [0.15, 0.2) is 61.2 Å². The molecule has 0 fully saturated rings. The van der Waals surface area contributed by atoms with Gasteiger partial charge >= 0.3 is 0 Å². The molecule has 3 rings (SSSR count). The van der Waals surface area contributed by atoms with Crippen molar-refractivity contribution >= 4 is 23.2 Å². The summed E-state index contributed by atoms with van der Waals surface area (Å²) in [6, 6.07) is 13.3. The molecule has 2 aromatic carbocycles. The van der Waals surface area contributed by atoms with Gasteiger partial charge < -0.3 is 9.67 Å². The highest BCUT2D eigenvalue weighted by atomic mass is 35.5. The number of nitrogens with zero attached hydrogens (tertiary/aromatic N) is 2. The second-order valence-corrected chi connectivity index (χ2v) is 6.90. The topological polar surface area (TPSA) is 38.0 Å². The molecule has 3 nitrogen and oxygen atoms in total. The van der Waals surface area contributed by atoms with Crippen molar-refractivity contribution in [3.63, 3.8) is 0 Å². The van der Waals surface area contributed by atoms with Gasteiger partial charge in [-0.1, -0.05) is 59.1 Å². The lowest BCUT2D eigenvalue weighted by Gasteiger charge is -2.30. The maximum atomic E-state index is 11.5. The number of benzene rings is 2. The Balaban J connectivity index is 2.00. The van der Waals surface area contributed by atoms with Gasteiger partial charge in [-0.3, -0.25) is 0 Å². The molecule has 0 radical (unpaired) electrons. The van der Waals surface area contributed by atoms with E-state index >= 15 is 0 Å². The van der Waals surface area contributed by atoms with Crippen LogP contribution in [0, 0.1) is 6.92 Å². The van der Waals surface area contributed by atoms with Gasteiger partial charge in [0, 0.05) is 34.4 Å². The molecule has 24 heavy (non-hydrogen) atoms. The molecule has 1 unspecified atom stereocenters. The number of aryl methyl sites for hydroxylation is 1. The van der Waals surface area contributed by atoms with Crippen molar-refractivity contribution in [1.82, 2.24) is 9.55 Å². The number of imidazole rings is 1. The van der Waals surface area contributed by atoms with Crippen LogP contribution in [0.5, 0.6) is 0 Å². The molecule has 5 heteroatoms. The summed E-state index contributed by atoms with van der Waals surface area (Å²) >= 11 is 12.4. The van der Waals surface area contributed by atoms with Crippen LogP contribution < -0.4 is 0 Å². The van der Waals surface area contributed by atoms with E-state index in [-0.39, 0.29) is 0 Å². The summed E-state index contributed by atoms with van der Waals surface area (Å²) in [4.78, 5) is 4.05. The third-order valence-electron chi connectivity index (χ3n) is 4.05. The van der Waals surface area contributed by atoms with Crippen LogP contribution in [0.1, 0.15) is 16.7 Å². The van der Waals surface area contributed by atoms with E-state index < -0.39 is 5.60 Å². The predicted octanol–water partition coefficient (Wildman–Crippen LogP) is 4.63. The number of hydrogen-bond acceptors (Lipinski definition) is 2. The van der Waals surface area contributed by atoms with Gasteiger partial charge in [0.2, 0.25) is 0 Å². The molecule has 3 aromatic rings. The Morgan fingerprint density at radius 3 is 2.50 bits per heavy atom. The first kappa shape index (κ1) is 17.0. The molecule has 0 bridgehead atoms. The van der Waals surface area contributed by atoms with E-state index in [0.717, 1.165) is 5.56 Å². The molecule has 1 heterocycles. The Morgan fingerprint density at radius 2 is 1.88 bits per heavy atom. The van der Waals surface area contributed by atoms with Crippen LogP contribution in [0.2, 0.25) is 10.0 Å². The largest absolute Gasteiger partial charge is 0.383 e. The highest BCUT2D eigenvalue weighted by molar-refractivity contribution is 6.35. The second kappa shape index (κ2) is 6.98. The number of rotatable bonds is 5. The normalized spacial score (nSPS) is 13.7. The monoisotopic (exact) mass is 360 g/mol. The quantitative estimate of drug-likeness (QED) is 0.720. The van der Waals surface area contributed by atoms with Crippen molar-refractivity contribution in [2.24, 2.45) is 0 Å². The Labute approximate surface area is 151 Å². The molecule has 0 aliphatic carbocycles. The van der Waals surface area contributed by atoms with Crippen molar-refractivity contribution in [2.45, 2.75) is 25.5 Å². The molecular formula is C19H18Cl2N2O. The third kappa shape index (κ3) is 3.81. The zero-order valence-electron chi connectivity index (χ0n) is 13.3. The minimum Gasteiger partial charge on any atom is -0.383 e. The smallest absolute Gasteiger partial charge is 0.113 e. The van der Waals surface area contributed by atoms with Crippen LogP contribution >= 0.6 is 23.2 Å². The summed E-state index contributed by atoms with van der Waals surface area (Å²) in [5.74, 6) is 0.